The minimum atomic E-state index is -0.328. The maximum Gasteiger partial charge on any atom is 0.120 e. The van der Waals surface area contributed by atoms with Crippen molar-refractivity contribution in [1.82, 2.24) is 4.90 Å². The summed E-state index contributed by atoms with van der Waals surface area (Å²) in [5.41, 5.74) is 6.72. The van der Waals surface area contributed by atoms with E-state index in [1.165, 1.54) is 0 Å². The van der Waals surface area contributed by atoms with Crippen molar-refractivity contribution in [3.63, 3.8) is 0 Å². The molecule has 1 aromatic rings. The van der Waals surface area contributed by atoms with Gasteiger partial charge in [0.05, 0.1) is 12.6 Å². The first-order valence-corrected chi connectivity index (χ1v) is 6.50. The van der Waals surface area contributed by atoms with Gasteiger partial charge in [0.25, 0.3) is 0 Å². The standard InChI is InChI=1S/C14H22N2O2/c1-16-7-5-12(6-8-16)18-13-4-2-3-11(9-13)14(15)10-17/h2-4,9,12,14,17H,5-8,10,15H2,1H3. The second-order valence-corrected chi connectivity index (χ2v) is 4.98. The third-order valence-corrected chi connectivity index (χ3v) is 3.45. The Kier molecular flexibility index (Phi) is 4.58. The predicted octanol–water partition coefficient (Wildman–Crippen LogP) is 1.15. The van der Waals surface area contributed by atoms with E-state index in [1.807, 2.05) is 24.3 Å². The van der Waals surface area contributed by atoms with Crippen LogP contribution >= 0.6 is 0 Å². The number of hydrogen-bond donors (Lipinski definition) is 2. The molecule has 3 N–H and O–H groups in total. The summed E-state index contributed by atoms with van der Waals surface area (Å²) in [4.78, 5) is 2.32. The summed E-state index contributed by atoms with van der Waals surface area (Å²) in [6.45, 7) is 2.12. The molecule has 0 spiro atoms. The number of hydrogen-bond acceptors (Lipinski definition) is 4. The number of nitrogens with zero attached hydrogens (tertiary/aromatic N) is 1. The van der Waals surface area contributed by atoms with Gasteiger partial charge in [-0.15, -0.1) is 0 Å². The van der Waals surface area contributed by atoms with Crippen LogP contribution in [0.3, 0.4) is 0 Å². The molecule has 0 radical (unpaired) electrons. The molecule has 0 amide bonds. The lowest BCUT2D eigenvalue weighted by molar-refractivity contribution is 0.114. The predicted molar refractivity (Wildman–Crippen MR) is 71.6 cm³/mol. The molecule has 1 fully saturated rings. The molecule has 4 heteroatoms. The number of rotatable bonds is 4. The first kappa shape index (κ1) is 13.3. The van der Waals surface area contributed by atoms with Gasteiger partial charge in [-0.1, -0.05) is 12.1 Å². The van der Waals surface area contributed by atoms with Crippen molar-refractivity contribution < 1.29 is 9.84 Å². The van der Waals surface area contributed by atoms with Gasteiger partial charge in [-0.05, 0) is 37.6 Å². The zero-order valence-corrected chi connectivity index (χ0v) is 10.9. The lowest BCUT2D eigenvalue weighted by Crippen LogP contribution is -2.35. The average molecular weight is 250 g/mol. The van der Waals surface area contributed by atoms with Crippen molar-refractivity contribution in [2.24, 2.45) is 5.73 Å². The summed E-state index contributed by atoms with van der Waals surface area (Å²) >= 11 is 0. The minimum absolute atomic E-state index is 0.0440. The maximum atomic E-state index is 9.06. The Bertz CT molecular complexity index is 376. The van der Waals surface area contributed by atoms with Gasteiger partial charge in [-0.3, -0.25) is 0 Å². The summed E-state index contributed by atoms with van der Waals surface area (Å²) in [5, 5.41) is 9.06. The molecule has 1 aliphatic rings. The number of aliphatic hydroxyl groups is 1. The fourth-order valence-corrected chi connectivity index (χ4v) is 2.22. The highest BCUT2D eigenvalue weighted by Crippen LogP contribution is 2.21. The van der Waals surface area contributed by atoms with E-state index in [0.717, 1.165) is 37.2 Å². The fraction of sp³-hybridized carbons (Fsp3) is 0.571. The Morgan fingerprint density at radius 1 is 1.44 bits per heavy atom. The van der Waals surface area contributed by atoms with Crippen molar-refractivity contribution in [2.75, 3.05) is 26.7 Å². The van der Waals surface area contributed by atoms with Crippen molar-refractivity contribution in [2.45, 2.75) is 25.0 Å². The quantitative estimate of drug-likeness (QED) is 0.841. The van der Waals surface area contributed by atoms with E-state index in [0.29, 0.717) is 6.10 Å². The Hall–Kier alpha value is -1.10. The lowest BCUT2D eigenvalue weighted by Gasteiger charge is -2.29. The Labute approximate surface area is 108 Å². The Morgan fingerprint density at radius 3 is 2.83 bits per heavy atom. The fourth-order valence-electron chi connectivity index (χ4n) is 2.22. The largest absolute Gasteiger partial charge is 0.490 e. The number of benzene rings is 1. The zero-order valence-electron chi connectivity index (χ0n) is 10.9. The molecule has 100 valence electrons. The van der Waals surface area contributed by atoms with Crippen LogP contribution in [0.2, 0.25) is 0 Å². The number of aliphatic hydroxyl groups excluding tert-OH is 1. The third kappa shape index (κ3) is 3.45. The van der Waals surface area contributed by atoms with Crippen LogP contribution in [0, 0.1) is 0 Å². The molecule has 2 rings (SSSR count). The van der Waals surface area contributed by atoms with Crippen molar-refractivity contribution in [1.29, 1.82) is 0 Å². The number of likely N-dealkylation sites (tertiary alicyclic amines) is 1. The topological polar surface area (TPSA) is 58.7 Å². The van der Waals surface area contributed by atoms with Gasteiger partial charge in [0.15, 0.2) is 0 Å². The molecule has 0 bridgehead atoms. The molecule has 4 nitrogen and oxygen atoms in total. The molecule has 18 heavy (non-hydrogen) atoms. The second-order valence-electron chi connectivity index (χ2n) is 4.98. The molecule has 1 aromatic carbocycles. The number of nitrogens with two attached hydrogens (primary N) is 1. The molecule has 0 saturated carbocycles. The summed E-state index contributed by atoms with van der Waals surface area (Å²) < 4.78 is 5.98. The zero-order chi connectivity index (χ0) is 13.0. The van der Waals surface area contributed by atoms with E-state index in [1.54, 1.807) is 0 Å². The highest BCUT2D eigenvalue weighted by atomic mass is 16.5. The molecule has 1 saturated heterocycles. The van der Waals surface area contributed by atoms with E-state index in [-0.39, 0.29) is 12.6 Å². The number of ether oxygens (including phenoxy) is 1. The molecule has 0 aromatic heterocycles. The first-order valence-electron chi connectivity index (χ1n) is 6.50. The monoisotopic (exact) mass is 250 g/mol. The van der Waals surface area contributed by atoms with Crippen molar-refractivity contribution >= 4 is 0 Å². The van der Waals surface area contributed by atoms with Crippen LogP contribution < -0.4 is 10.5 Å². The summed E-state index contributed by atoms with van der Waals surface area (Å²) in [5.74, 6) is 0.853. The van der Waals surface area contributed by atoms with Gasteiger partial charge >= 0.3 is 0 Å². The molecular formula is C14H22N2O2. The van der Waals surface area contributed by atoms with Gasteiger partial charge in [0.2, 0.25) is 0 Å². The SMILES string of the molecule is CN1CCC(Oc2cccc(C(N)CO)c2)CC1. The molecular weight excluding hydrogens is 228 g/mol. The Morgan fingerprint density at radius 2 is 2.17 bits per heavy atom. The van der Waals surface area contributed by atoms with E-state index < -0.39 is 0 Å². The highest BCUT2D eigenvalue weighted by Gasteiger charge is 2.18. The molecule has 1 atom stereocenters. The normalized spacial score (nSPS) is 19.7. The van der Waals surface area contributed by atoms with Crippen LogP contribution in [0.5, 0.6) is 5.75 Å². The second kappa shape index (κ2) is 6.18. The van der Waals surface area contributed by atoms with Crippen LogP contribution in [-0.4, -0.2) is 42.9 Å². The number of piperidine rings is 1. The van der Waals surface area contributed by atoms with Gasteiger partial charge in [-0.25, -0.2) is 0 Å². The Balaban J connectivity index is 1.96. The maximum absolute atomic E-state index is 9.06. The lowest BCUT2D eigenvalue weighted by atomic mass is 10.1. The van der Waals surface area contributed by atoms with Crippen LogP contribution in [0.25, 0.3) is 0 Å². The van der Waals surface area contributed by atoms with E-state index in [2.05, 4.69) is 11.9 Å². The minimum Gasteiger partial charge on any atom is -0.490 e. The van der Waals surface area contributed by atoms with E-state index in [4.69, 9.17) is 15.6 Å². The van der Waals surface area contributed by atoms with Gasteiger partial charge in [0, 0.05) is 13.1 Å². The van der Waals surface area contributed by atoms with Gasteiger partial charge < -0.3 is 20.5 Å². The van der Waals surface area contributed by atoms with E-state index >= 15 is 0 Å². The molecule has 1 heterocycles. The van der Waals surface area contributed by atoms with Crippen LogP contribution in [-0.2, 0) is 0 Å². The van der Waals surface area contributed by atoms with Gasteiger partial charge in [0.1, 0.15) is 11.9 Å². The molecule has 1 unspecified atom stereocenters. The van der Waals surface area contributed by atoms with Crippen LogP contribution in [0.4, 0.5) is 0 Å². The van der Waals surface area contributed by atoms with Crippen molar-refractivity contribution in [3.05, 3.63) is 29.8 Å². The summed E-state index contributed by atoms with van der Waals surface area (Å²) in [6.07, 6.45) is 2.42. The smallest absolute Gasteiger partial charge is 0.120 e. The van der Waals surface area contributed by atoms with Crippen LogP contribution in [0.15, 0.2) is 24.3 Å². The van der Waals surface area contributed by atoms with Crippen molar-refractivity contribution in [3.8, 4) is 5.75 Å². The molecule has 1 aliphatic heterocycles. The third-order valence-electron chi connectivity index (χ3n) is 3.45. The molecule has 0 aliphatic carbocycles. The average Bonchev–Trinajstić information content (AvgIpc) is 2.41. The summed E-state index contributed by atoms with van der Waals surface area (Å²) in [6, 6.07) is 7.40. The highest BCUT2D eigenvalue weighted by molar-refractivity contribution is 5.30. The summed E-state index contributed by atoms with van der Waals surface area (Å²) in [7, 11) is 2.14. The van der Waals surface area contributed by atoms with Crippen LogP contribution in [0.1, 0.15) is 24.4 Å². The van der Waals surface area contributed by atoms with Gasteiger partial charge in [-0.2, -0.15) is 0 Å². The van der Waals surface area contributed by atoms with E-state index in [9.17, 15) is 0 Å². The first-order chi connectivity index (χ1) is 8.69.